The van der Waals surface area contributed by atoms with Crippen molar-refractivity contribution in [2.45, 2.75) is 26.8 Å². The molecule has 1 heterocycles. The minimum Gasteiger partial charge on any atom is -0.450 e. The number of rotatable bonds is 8. The Morgan fingerprint density at radius 3 is 2.38 bits per heavy atom. The monoisotopic (exact) mass is 488 g/mol. The quantitative estimate of drug-likeness (QED) is 0.562. The van der Waals surface area contributed by atoms with Crippen molar-refractivity contribution in [3.05, 3.63) is 59.4 Å². The second kappa shape index (κ2) is 11.2. The molecule has 10 heteroatoms. The van der Waals surface area contributed by atoms with E-state index in [0.717, 1.165) is 0 Å². The van der Waals surface area contributed by atoms with Gasteiger partial charge in [0.05, 0.1) is 35.8 Å². The lowest BCUT2D eigenvalue weighted by atomic mass is 10.1. The number of carbonyl (C=O) groups is 1. The molecule has 0 aromatic heterocycles. The molecule has 0 radical (unpaired) electrons. The van der Waals surface area contributed by atoms with Crippen LogP contribution in [-0.4, -0.2) is 57.9 Å². The summed E-state index contributed by atoms with van der Waals surface area (Å²) in [5.74, 6) is -0.445. The number of nitrogens with zero attached hydrogens (tertiary/aromatic N) is 4. The summed E-state index contributed by atoms with van der Waals surface area (Å²) in [6, 6.07) is 12.9. The molecule has 0 unspecified atom stereocenters. The summed E-state index contributed by atoms with van der Waals surface area (Å²) in [5, 5.41) is 9.82. The summed E-state index contributed by atoms with van der Waals surface area (Å²) in [4.78, 5) is 15.6. The molecule has 1 saturated heterocycles. The number of benzene rings is 2. The number of ether oxygens (including phenoxy) is 1. The largest absolute Gasteiger partial charge is 0.450 e. The van der Waals surface area contributed by atoms with Gasteiger partial charge in [-0.25, -0.2) is 17.6 Å². The second-order valence-corrected chi connectivity index (χ2v) is 9.95. The van der Waals surface area contributed by atoms with E-state index in [4.69, 9.17) is 4.74 Å². The molecule has 0 saturated carbocycles. The zero-order valence-electron chi connectivity index (χ0n) is 19.4. The molecule has 34 heavy (non-hydrogen) atoms. The van der Waals surface area contributed by atoms with Crippen LogP contribution >= 0.6 is 0 Å². The van der Waals surface area contributed by atoms with Gasteiger partial charge in [-0.3, -0.25) is 4.31 Å². The minimum atomic E-state index is -3.66. The fourth-order valence-electron chi connectivity index (χ4n) is 3.86. The van der Waals surface area contributed by atoms with Gasteiger partial charge in [-0.2, -0.15) is 5.26 Å². The Balaban J connectivity index is 1.87. The van der Waals surface area contributed by atoms with Crippen molar-refractivity contribution in [2.75, 3.05) is 47.7 Å². The van der Waals surface area contributed by atoms with Gasteiger partial charge in [-0.15, -0.1) is 0 Å². The topological polar surface area (TPSA) is 94.0 Å². The van der Waals surface area contributed by atoms with Gasteiger partial charge in [0.15, 0.2) is 0 Å². The maximum Gasteiger partial charge on any atom is 0.409 e. The van der Waals surface area contributed by atoms with Crippen LogP contribution in [0.3, 0.4) is 0 Å². The third kappa shape index (κ3) is 5.97. The smallest absolute Gasteiger partial charge is 0.409 e. The summed E-state index contributed by atoms with van der Waals surface area (Å²) in [7, 11) is -3.66. The first-order valence-corrected chi connectivity index (χ1v) is 12.9. The number of carbonyl (C=O) groups excluding carboxylic acids is 1. The molecule has 182 valence electrons. The zero-order chi connectivity index (χ0) is 24.7. The van der Waals surface area contributed by atoms with Crippen molar-refractivity contribution < 1.29 is 22.3 Å². The van der Waals surface area contributed by atoms with Crippen molar-refractivity contribution in [1.29, 1.82) is 5.26 Å². The molecule has 1 aliphatic heterocycles. The highest BCUT2D eigenvalue weighted by molar-refractivity contribution is 7.92. The fraction of sp³-hybridized carbons (Fsp3) is 0.417. The van der Waals surface area contributed by atoms with Crippen LogP contribution in [-0.2, 0) is 21.3 Å². The Labute approximate surface area is 200 Å². The van der Waals surface area contributed by atoms with Crippen molar-refractivity contribution >= 4 is 27.5 Å². The Morgan fingerprint density at radius 1 is 1.12 bits per heavy atom. The molecular weight excluding hydrogens is 459 g/mol. The number of anilines is 2. The van der Waals surface area contributed by atoms with E-state index in [9.17, 15) is 22.9 Å². The lowest BCUT2D eigenvalue weighted by Gasteiger charge is -2.36. The predicted octanol–water partition coefficient (Wildman–Crippen LogP) is 3.72. The van der Waals surface area contributed by atoms with Crippen LogP contribution in [0.15, 0.2) is 42.5 Å². The standard InChI is InChI=1S/C24H29FN4O4S/c1-3-15-34(31,32)29(18-19-5-7-21(25)8-6-19)22-9-10-23(20(16-22)17-26)27-11-13-28(14-12-27)24(30)33-4-2/h5-10,16H,3-4,11-15,18H2,1-2H3. The summed E-state index contributed by atoms with van der Waals surface area (Å²) in [5.41, 5.74) is 2.05. The Hall–Kier alpha value is -3.32. The molecule has 3 rings (SSSR count). The van der Waals surface area contributed by atoms with Crippen LogP contribution in [0.5, 0.6) is 0 Å². The first kappa shape index (κ1) is 25.3. The summed E-state index contributed by atoms with van der Waals surface area (Å²) >= 11 is 0. The van der Waals surface area contributed by atoms with Gasteiger partial charge in [0.2, 0.25) is 10.0 Å². The molecule has 1 aliphatic rings. The molecule has 0 aliphatic carbocycles. The van der Waals surface area contributed by atoms with Gasteiger partial charge in [0.1, 0.15) is 11.9 Å². The van der Waals surface area contributed by atoms with Crippen LogP contribution < -0.4 is 9.21 Å². The van der Waals surface area contributed by atoms with Crippen LogP contribution in [0.2, 0.25) is 0 Å². The lowest BCUT2D eigenvalue weighted by Crippen LogP contribution is -2.49. The third-order valence-electron chi connectivity index (χ3n) is 5.57. The molecule has 0 bridgehead atoms. The SMILES string of the molecule is CCCS(=O)(=O)N(Cc1ccc(F)cc1)c1ccc(N2CCN(C(=O)OCC)CC2)c(C#N)c1. The summed E-state index contributed by atoms with van der Waals surface area (Å²) < 4.78 is 45.7. The van der Waals surface area contributed by atoms with E-state index < -0.39 is 15.8 Å². The van der Waals surface area contributed by atoms with Crippen LogP contribution in [0.4, 0.5) is 20.6 Å². The molecule has 1 fully saturated rings. The maximum atomic E-state index is 13.3. The molecular formula is C24H29FN4O4S. The third-order valence-corrected chi connectivity index (χ3v) is 7.51. The number of halogens is 1. The van der Waals surface area contributed by atoms with Gasteiger partial charge in [-0.1, -0.05) is 19.1 Å². The van der Waals surface area contributed by atoms with Crippen molar-refractivity contribution in [3.8, 4) is 6.07 Å². The fourth-order valence-corrected chi connectivity index (χ4v) is 5.38. The van der Waals surface area contributed by atoms with Gasteiger partial charge in [-0.05, 0) is 49.2 Å². The molecule has 2 aromatic rings. The molecule has 0 spiro atoms. The normalized spacial score (nSPS) is 13.9. The van der Waals surface area contributed by atoms with Gasteiger partial charge in [0, 0.05) is 26.2 Å². The number of sulfonamides is 1. The Morgan fingerprint density at radius 2 is 1.79 bits per heavy atom. The van der Waals surface area contributed by atoms with E-state index in [1.54, 1.807) is 49.1 Å². The highest BCUT2D eigenvalue weighted by atomic mass is 32.2. The van der Waals surface area contributed by atoms with Crippen molar-refractivity contribution in [1.82, 2.24) is 4.90 Å². The number of hydrogen-bond donors (Lipinski definition) is 0. The average molecular weight is 489 g/mol. The first-order chi connectivity index (χ1) is 16.3. The summed E-state index contributed by atoms with van der Waals surface area (Å²) in [6.07, 6.45) is 0.0893. The molecule has 1 amide bonds. The number of piperazine rings is 1. The Bertz CT molecular complexity index is 1140. The van der Waals surface area contributed by atoms with Crippen molar-refractivity contribution in [3.63, 3.8) is 0 Å². The maximum absolute atomic E-state index is 13.3. The highest BCUT2D eigenvalue weighted by Gasteiger charge is 2.26. The van der Waals surface area contributed by atoms with E-state index in [1.807, 2.05) is 4.90 Å². The van der Waals surface area contributed by atoms with Gasteiger partial charge >= 0.3 is 6.09 Å². The molecule has 0 atom stereocenters. The first-order valence-electron chi connectivity index (χ1n) is 11.2. The Kier molecular flexibility index (Phi) is 8.34. The van der Waals surface area contributed by atoms with Gasteiger partial charge < -0.3 is 14.5 Å². The molecule has 2 aromatic carbocycles. The predicted molar refractivity (Wildman–Crippen MR) is 129 cm³/mol. The van der Waals surface area contributed by atoms with Crippen LogP contribution in [0.1, 0.15) is 31.4 Å². The lowest BCUT2D eigenvalue weighted by molar-refractivity contribution is 0.105. The van der Waals surface area contributed by atoms with E-state index in [-0.39, 0.29) is 18.4 Å². The van der Waals surface area contributed by atoms with Gasteiger partial charge in [0.25, 0.3) is 0 Å². The van der Waals surface area contributed by atoms with E-state index in [0.29, 0.717) is 61.7 Å². The number of amides is 1. The second-order valence-electron chi connectivity index (χ2n) is 7.94. The molecule has 0 N–H and O–H groups in total. The van der Waals surface area contributed by atoms with E-state index in [1.165, 1.54) is 16.4 Å². The zero-order valence-corrected chi connectivity index (χ0v) is 20.2. The average Bonchev–Trinajstić information content (AvgIpc) is 2.83. The number of hydrogen-bond acceptors (Lipinski definition) is 6. The molecule has 8 nitrogen and oxygen atoms in total. The van der Waals surface area contributed by atoms with Crippen LogP contribution in [0, 0.1) is 17.1 Å². The van der Waals surface area contributed by atoms with E-state index in [2.05, 4.69) is 6.07 Å². The van der Waals surface area contributed by atoms with Crippen LogP contribution in [0.25, 0.3) is 0 Å². The minimum absolute atomic E-state index is 0.0328. The van der Waals surface area contributed by atoms with E-state index >= 15 is 0 Å². The van der Waals surface area contributed by atoms with Crippen molar-refractivity contribution in [2.24, 2.45) is 0 Å². The number of nitriles is 1. The summed E-state index contributed by atoms with van der Waals surface area (Å²) in [6.45, 7) is 5.88. The highest BCUT2D eigenvalue weighted by Crippen LogP contribution is 2.30.